The van der Waals surface area contributed by atoms with Crippen LogP contribution in [-0.4, -0.2) is 19.5 Å². The molecule has 4 heteroatoms. The topological polar surface area (TPSA) is 38.9 Å². The van der Waals surface area contributed by atoms with Crippen LogP contribution in [0.3, 0.4) is 0 Å². The largest absolute Gasteiger partial charge is 0.147 e. The zero-order valence-electron chi connectivity index (χ0n) is 5.34. The molecule has 52 valence electrons. The van der Waals surface area contributed by atoms with Gasteiger partial charge in [-0.3, -0.25) is 0 Å². The fourth-order valence-electron chi connectivity index (χ4n) is 0.498. The number of anilines is 1. The fourth-order valence-corrected chi connectivity index (χ4v) is 1.94. The third-order valence-electron chi connectivity index (χ3n) is 1.05. The summed E-state index contributed by atoms with van der Waals surface area (Å²) in [5.74, 6) is 0. The van der Waals surface area contributed by atoms with E-state index in [0.717, 1.165) is 10.4 Å². The van der Waals surface area contributed by atoms with E-state index >= 15 is 0 Å². The average molecular weight is 212 g/mol. The van der Waals surface area contributed by atoms with Crippen LogP contribution in [0.25, 0.3) is 0 Å². The molecular weight excluding hydrogens is 202 g/mol. The first kappa shape index (κ1) is 9.02. The van der Waals surface area contributed by atoms with Crippen molar-refractivity contribution in [2.75, 3.05) is 5.73 Å². The predicted molar refractivity (Wildman–Crippen MR) is 42.3 cm³/mol. The van der Waals surface area contributed by atoms with Crippen LogP contribution in [-0.2, 0) is 0 Å². The van der Waals surface area contributed by atoms with Crippen molar-refractivity contribution >= 4 is 31.6 Å². The number of rotatable bonds is 0. The quantitative estimate of drug-likeness (QED) is 0.644. The maximum Gasteiger partial charge on any atom is -0.147 e. The van der Waals surface area contributed by atoms with Gasteiger partial charge in [-0.2, -0.15) is 0 Å². The van der Waals surface area contributed by atoms with Gasteiger partial charge in [0.15, 0.2) is 0 Å². The molecule has 0 radical (unpaired) electrons. The Hall–Kier alpha value is 0.0195. The maximum atomic E-state index is 5.45. The molecule has 1 aromatic rings. The van der Waals surface area contributed by atoms with Crippen LogP contribution >= 0.6 is 12.4 Å². The number of aryl methyl sites for hydroxylation is 2. The molecule has 0 bridgehead atoms. The van der Waals surface area contributed by atoms with Crippen molar-refractivity contribution < 1.29 is 0 Å². The van der Waals surface area contributed by atoms with E-state index in [1.165, 1.54) is 4.44 Å². The van der Waals surface area contributed by atoms with E-state index in [2.05, 4.69) is 11.9 Å². The molecule has 0 spiro atoms. The molecule has 0 saturated heterocycles. The van der Waals surface area contributed by atoms with Crippen molar-refractivity contribution in [3.05, 3.63) is 10.1 Å². The Morgan fingerprint density at radius 2 is 2.00 bits per heavy atom. The van der Waals surface area contributed by atoms with Crippen molar-refractivity contribution in [1.29, 1.82) is 0 Å². The molecule has 0 unspecified atom stereocenters. The summed E-state index contributed by atoms with van der Waals surface area (Å²) in [5.41, 5.74) is 6.57. The Balaban J connectivity index is 0.000000640. The van der Waals surface area contributed by atoms with E-state index in [4.69, 9.17) is 5.73 Å². The summed E-state index contributed by atoms with van der Waals surface area (Å²) in [5, 5.41) is 0. The molecule has 0 atom stereocenters. The second-order valence-corrected chi connectivity index (χ2v) is 4.28. The van der Waals surface area contributed by atoms with Crippen LogP contribution in [0.2, 0.25) is 0 Å². The molecule has 2 N–H and O–H groups in total. The molecule has 9 heavy (non-hydrogen) atoms. The fraction of sp³-hybridized carbons (Fsp3) is 0.400. The SMILES string of the molecule is Cc1nc(N)[se]c1C.Cl. The van der Waals surface area contributed by atoms with Gasteiger partial charge in [-0.15, -0.1) is 12.4 Å². The molecule has 0 aliphatic heterocycles. The normalized spacial score (nSPS) is 8.67. The Morgan fingerprint density at radius 3 is 2.11 bits per heavy atom. The van der Waals surface area contributed by atoms with Crippen LogP contribution in [0, 0.1) is 13.8 Å². The van der Waals surface area contributed by atoms with Crippen LogP contribution in [0.4, 0.5) is 4.69 Å². The molecule has 1 heterocycles. The van der Waals surface area contributed by atoms with Gasteiger partial charge in [0.1, 0.15) is 0 Å². The summed E-state index contributed by atoms with van der Waals surface area (Å²) >= 11 is 0.365. The van der Waals surface area contributed by atoms with Crippen molar-refractivity contribution in [3.8, 4) is 0 Å². The van der Waals surface area contributed by atoms with E-state index in [1.54, 1.807) is 0 Å². The molecule has 1 rings (SSSR count). The molecular formula is C5H9ClN2Se. The summed E-state index contributed by atoms with van der Waals surface area (Å²) in [7, 11) is 0. The maximum absolute atomic E-state index is 5.45. The smallest absolute Gasteiger partial charge is 0.147 e. The number of nitrogens with two attached hydrogens (primary N) is 1. The first-order valence-electron chi connectivity index (χ1n) is 2.39. The number of hydrogen-bond acceptors (Lipinski definition) is 2. The van der Waals surface area contributed by atoms with Crippen molar-refractivity contribution in [1.82, 2.24) is 4.98 Å². The third-order valence-corrected chi connectivity index (χ3v) is 2.94. The van der Waals surface area contributed by atoms with Crippen LogP contribution in [0.15, 0.2) is 0 Å². The Kier molecular flexibility index (Phi) is 3.26. The monoisotopic (exact) mass is 212 g/mol. The van der Waals surface area contributed by atoms with Gasteiger partial charge in [0.2, 0.25) is 0 Å². The summed E-state index contributed by atoms with van der Waals surface area (Å²) in [6.45, 7) is 4.08. The van der Waals surface area contributed by atoms with Gasteiger partial charge in [-0.25, -0.2) is 0 Å². The Labute approximate surface area is 66.6 Å². The summed E-state index contributed by atoms with van der Waals surface area (Å²) in [6, 6.07) is 0. The van der Waals surface area contributed by atoms with Crippen LogP contribution in [0.5, 0.6) is 0 Å². The van der Waals surface area contributed by atoms with Gasteiger partial charge in [0.25, 0.3) is 0 Å². The first-order chi connectivity index (χ1) is 3.70. The summed E-state index contributed by atoms with van der Waals surface area (Å²) in [4.78, 5) is 4.07. The first-order valence-corrected chi connectivity index (χ1v) is 4.11. The molecule has 0 fully saturated rings. The van der Waals surface area contributed by atoms with Gasteiger partial charge in [0, 0.05) is 0 Å². The standard InChI is InChI=1S/C5H8N2Se.ClH/c1-3-4(2)8-5(6)7-3;/h1-2H3,(H2,6,7);1H. The molecule has 0 aliphatic carbocycles. The minimum atomic E-state index is 0. The molecule has 0 aromatic carbocycles. The molecule has 0 saturated carbocycles. The van der Waals surface area contributed by atoms with Gasteiger partial charge in [-0.1, -0.05) is 0 Å². The molecule has 1 aromatic heterocycles. The second kappa shape index (κ2) is 3.25. The molecule has 0 aliphatic rings. The number of nitrogen functional groups attached to an aromatic ring is 1. The van der Waals surface area contributed by atoms with E-state index in [9.17, 15) is 0 Å². The van der Waals surface area contributed by atoms with Gasteiger partial charge < -0.3 is 0 Å². The average Bonchev–Trinajstić information content (AvgIpc) is 1.85. The number of nitrogens with zero attached hydrogens (tertiary/aromatic N) is 1. The minimum absolute atomic E-state index is 0. The van der Waals surface area contributed by atoms with Crippen LogP contribution < -0.4 is 5.73 Å². The van der Waals surface area contributed by atoms with E-state index in [0.29, 0.717) is 14.5 Å². The van der Waals surface area contributed by atoms with E-state index < -0.39 is 0 Å². The minimum Gasteiger partial charge on any atom is -0.147 e. The van der Waals surface area contributed by atoms with Crippen molar-refractivity contribution in [2.24, 2.45) is 0 Å². The van der Waals surface area contributed by atoms with Gasteiger partial charge in [0.05, 0.1) is 0 Å². The zero-order valence-corrected chi connectivity index (χ0v) is 7.87. The number of aromatic nitrogens is 1. The molecule has 0 amide bonds. The Bertz CT molecular complexity index is 177. The van der Waals surface area contributed by atoms with Gasteiger partial charge in [-0.05, 0) is 0 Å². The predicted octanol–water partition coefficient (Wildman–Crippen LogP) is 0.759. The van der Waals surface area contributed by atoms with E-state index in [-0.39, 0.29) is 12.4 Å². The number of halogens is 1. The summed E-state index contributed by atoms with van der Waals surface area (Å²) < 4.78 is 2.17. The zero-order chi connectivity index (χ0) is 6.15. The molecule has 2 nitrogen and oxygen atoms in total. The number of hydrogen-bond donors (Lipinski definition) is 1. The second-order valence-electron chi connectivity index (χ2n) is 1.69. The van der Waals surface area contributed by atoms with Crippen molar-refractivity contribution in [3.63, 3.8) is 0 Å². The van der Waals surface area contributed by atoms with Crippen LogP contribution in [0.1, 0.15) is 10.1 Å². The third kappa shape index (κ3) is 2.01. The van der Waals surface area contributed by atoms with E-state index in [1.807, 2.05) is 6.92 Å². The summed E-state index contributed by atoms with van der Waals surface area (Å²) in [6.07, 6.45) is 0. The Morgan fingerprint density at radius 1 is 1.44 bits per heavy atom. The van der Waals surface area contributed by atoms with Gasteiger partial charge >= 0.3 is 53.9 Å². The van der Waals surface area contributed by atoms with Crippen molar-refractivity contribution in [2.45, 2.75) is 13.8 Å².